The Hall–Kier alpha value is -0.770. The van der Waals surface area contributed by atoms with Crippen molar-refractivity contribution in [3.63, 3.8) is 0 Å². The second-order valence-corrected chi connectivity index (χ2v) is 5.09. The molecule has 2 heterocycles. The molecule has 3 nitrogen and oxygen atoms in total. The number of rotatable bonds is 1. The molecule has 1 aliphatic heterocycles. The van der Waals surface area contributed by atoms with E-state index in [1.54, 1.807) is 6.20 Å². The number of piperidine rings is 1. The molecule has 82 valence electrons. The molecule has 0 aromatic carbocycles. The van der Waals surface area contributed by atoms with E-state index in [4.69, 9.17) is 5.73 Å². The van der Waals surface area contributed by atoms with Crippen molar-refractivity contribution < 1.29 is 0 Å². The highest BCUT2D eigenvalue weighted by molar-refractivity contribution is 9.10. The monoisotopic (exact) mass is 269 g/mol. The van der Waals surface area contributed by atoms with Crippen molar-refractivity contribution in [2.75, 3.05) is 23.7 Å². The highest BCUT2D eigenvalue weighted by Crippen LogP contribution is 2.26. The van der Waals surface area contributed by atoms with Crippen LogP contribution in [0.25, 0.3) is 0 Å². The number of nitrogen functional groups attached to an aromatic ring is 1. The number of halogens is 1. The van der Waals surface area contributed by atoms with Gasteiger partial charge in [-0.3, -0.25) is 0 Å². The fourth-order valence-electron chi connectivity index (χ4n) is 1.85. The Morgan fingerprint density at radius 3 is 2.73 bits per heavy atom. The van der Waals surface area contributed by atoms with E-state index in [-0.39, 0.29) is 0 Å². The average Bonchev–Trinajstić information content (AvgIpc) is 2.23. The summed E-state index contributed by atoms with van der Waals surface area (Å²) >= 11 is 3.36. The molecule has 4 heteroatoms. The van der Waals surface area contributed by atoms with Crippen LogP contribution in [0.3, 0.4) is 0 Å². The summed E-state index contributed by atoms with van der Waals surface area (Å²) in [6.45, 7) is 4.49. The van der Waals surface area contributed by atoms with Crippen molar-refractivity contribution in [1.29, 1.82) is 0 Å². The molecular weight excluding hydrogens is 254 g/mol. The molecule has 1 aromatic heterocycles. The lowest BCUT2D eigenvalue weighted by Crippen LogP contribution is -2.33. The van der Waals surface area contributed by atoms with Crippen molar-refractivity contribution in [2.45, 2.75) is 19.8 Å². The number of hydrogen-bond donors (Lipinski definition) is 1. The van der Waals surface area contributed by atoms with Crippen molar-refractivity contribution in [3.05, 3.63) is 16.7 Å². The highest BCUT2D eigenvalue weighted by Gasteiger charge is 2.17. The molecule has 0 saturated carbocycles. The normalized spacial score (nSPS) is 18.1. The standard InChI is InChI=1S/C11H16BrN3/c1-8-2-4-15(5-3-8)11-6-10(13)9(12)7-14-11/h6-8H,2-5H2,1H3,(H2,13,14). The third-order valence-electron chi connectivity index (χ3n) is 2.98. The van der Waals surface area contributed by atoms with E-state index in [2.05, 4.69) is 32.7 Å². The first-order chi connectivity index (χ1) is 7.16. The molecule has 1 aromatic rings. The predicted octanol–water partition coefficient (Wildman–Crippen LogP) is 2.66. The summed E-state index contributed by atoms with van der Waals surface area (Å²) in [6.07, 6.45) is 4.28. The summed E-state index contributed by atoms with van der Waals surface area (Å²) in [5.41, 5.74) is 6.60. The SMILES string of the molecule is CC1CCN(c2cc(N)c(Br)cn2)CC1. The second-order valence-electron chi connectivity index (χ2n) is 4.23. The molecule has 1 aliphatic rings. The second kappa shape index (κ2) is 4.39. The molecule has 2 rings (SSSR count). The first kappa shape index (κ1) is 10.7. The molecule has 15 heavy (non-hydrogen) atoms. The van der Waals surface area contributed by atoms with Crippen molar-refractivity contribution >= 4 is 27.4 Å². The average molecular weight is 270 g/mol. The predicted molar refractivity (Wildman–Crippen MR) is 67.0 cm³/mol. The van der Waals surface area contributed by atoms with Crippen LogP contribution in [0.15, 0.2) is 16.7 Å². The topological polar surface area (TPSA) is 42.1 Å². The van der Waals surface area contributed by atoms with E-state index >= 15 is 0 Å². The molecule has 1 saturated heterocycles. The van der Waals surface area contributed by atoms with Crippen LogP contribution in [-0.4, -0.2) is 18.1 Å². The third-order valence-corrected chi connectivity index (χ3v) is 3.64. The molecule has 0 aliphatic carbocycles. The summed E-state index contributed by atoms with van der Waals surface area (Å²) < 4.78 is 0.872. The Bertz CT molecular complexity index is 346. The van der Waals surface area contributed by atoms with E-state index in [1.165, 1.54) is 12.8 Å². The minimum absolute atomic E-state index is 0.763. The van der Waals surface area contributed by atoms with Crippen LogP contribution in [0.2, 0.25) is 0 Å². The Morgan fingerprint density at radius 1 is 1.47 bits per heavy atom. The van der Waals surface area contributed by atoms with Gasteiger partial charge in [-0.05, 0) is 34.7 Å². The number of hydrogen-bond acceptors (Lipinski definition) is 3. The zero-order valence-corrected chi connectivity index (χ0v) is 10.5. The summed E-state index contributed by atoms with van der Waals surface area (Å²) in [5, 5.41) is 0. The highest BCUT2D eigenvalue weighted by atomic mass is 79.9. The van der Waals surface area contributed by atoms with E-state index in [0.29, 0.717) is 0 Å². The maximum atomic E-state index is 5.84. The van der Waals surface area contributed by atoms with Gasteiger partial charge in [0.15, 0.2) is 0 Å². The van der Waals surface area contributed by atoms with Gasteiger partial charge in [-0.1, -0.05) is 6.92 Å². The Balaban J connectivity index is 2.12. The minimum atomic E-state index is 0.763. The van der Waals surface area contributed by atoms with Gasteiger partial charge >= 0.3 is 0 Å². The van der Waals surface area contributed by atoms with Crippen molar-refractivity contribution in [1.82, 2.24) is 4.98 Å². The molecule has 0 unspecified atom stereocenters. The van der Waals surface area contributed by atoms with Gasteiger partial charge in [0.1, 0.15) is 5.82 Å². The van der Waals surface area contributed by atoms with Crippen LogP contribution >= 0.6 is 15.9 Å². The lowest BCUT2D eigenvalue weighted by atomic mass is 9.99. The first-order valence-corrected chi connectivity index (χ1v) is 6.12. The molecule has 0 amide bonds. The number of nitrogens with two attached hydrogens (primary N) is 1. The van der Waals surface area contributed by atoms with Crippen LogP contribution in [-0.2, 0) is 0 Å². The fourth-order valence-corrected chi connectivity index (χ4v) is 2.07. The van der Waals surface area contributed by atoms with Crippen LogP contribution in [0, 0.1) is 5.92 Å². The van der Waals surface area contributed by atoms with Gasteiger partial charge < -0.3 is 10.6 Å². The zero-order chi connectivity index (χ0) is 10.8. The Labute approximate surface area is 98.8 Å². The van der Waals surface area contributed by atoms with Crippen molar-refractivity contribution in [3.8, 4) is 0 Å². The number of aromatic nitrogens is 1. The number of nitrogens with zero attached hydrogens (tertiary/aromatic N) is 2. The lowest BCUT2D eigenvalue weighted by Gasteiger charge is -2.31. The van der Waals surface area contributed by atoms with E-state index in [1.807, 2.05) is 6.07 Å². The summed E-state index contributed by atoms with van der Waals surface area (Å²) in [6, 6.07) is 1.94. The van der Waals surface area contributed by atoms with Crippen LogP contribution in [0.4, 0.5) is 11.5 Å². The van der Waals surface area contributed by atoms with Gasteiger partial charge in [-0.2, -0.15) is 0 Å². The number of pyridine rings is 1. The molecule has 0 spiro atoms. The molecule has 0 bridgehead atoms. The lowest BCUT2D eigenvalue weighted by molar-refractivity contribution is 0.436. The van der Waals surface area contributed by atoms with Gasteiger partial charge in [0.05, 0.1) is 10.2 Å². The molecule has 1 fully saturated rings. The van der Waals surface area contributed by atoms with E-state index in [0.717, 1.165) is 35.0 Å². The minimum Gasteiger partial charge on any atom is -0.398 e. The molecular formula is C11H16BrN3. The van der Waals surface area contributed by atoms with Gasteiger partial charge in [0, 0.05) is 25.4 Å². The van der Waals surface area contributed by atoms with E-state index < -0.39 is 0 Å². The Morgan fingerprint density at radius 2 is 2.13 bits per heavy atom. The van der Waals surface area contributed by atoms with E-state index in [9.17, 15) is 0 Å². The van der Waals surface area contributed by atoms with Crippen LogP contribution in [0.5, 0.6) is 0 Å². The van der Waals surface area contributed by atoms with Gasteiger partial charge in [0.25, 0.3) is 0 Å². The maximum Gasteiger partial charge on any atom is 0.130 e. The maximum absolute atomic E-state index is 5.84. The molecule has 0 atom stereocenters. The zero-order valence-electron chi connectivity index (χ0n) is 8.91. The fraction of sp³-hybridized carbons (Fsp3) is 0.545. The van der Waals surface area contributed by atoms with Crippen LogP contribution in [0.1, 0.15) is 19.8 Å². The first-order valence-electron chi connectivity index (χ1n) is 5.33. The van der Waals surface area contributed by atoms with Gasteiger partial charge in [0.2, 0.25) is 0 Å². The van der Waals surface area contributed by atoms with Crippen molar-refractivity contribution in [2.24, 2.45) is 5.92 Å². The third kappa shape index (κ3) is 2.43. The van der Waals surface area contributed by atoms with Gasteiger partial charge in [-0.25, -0.2) is 4.98 Å². The van der Waals surface area contributed by atoms with Crippen LogP contribution < -0.4 is 10.6 Å². The summed E-state index contributed by atoms with van der Waals surface area (Å²) in [4.78, 5) is 6.70. The largest absolute Gasteiger partial charge is 0.398 e. The molecule has 2 N–H and O–H groups in total. The smallest absolute Gasteiger partial charge is 0.130 e. The van der Waals surface area contributed by atoms with Gasteiger partial charge in [-0.15, -0.1) is 0 Å². The quantitative estimate of drug-likeness (QED) is 0.853. The Kier molecular flexibility index (Phi) is 3.14. The summed E-state index contributed by atoms with van der Waals surface area (Å²) in [7, 11) is 0. The molecule has 0 radical (unpaired) electrons. The number of anilines is 2. The summed E-state index contributed by atoms with van der Waals surface area (Å²) in [5.74, 6) is 1.84.